The SMILES string of the molecule is N#Cc1ccccc1Oc1nc(-c2ccccn2)nc2c1CCC2. The predicted octanol–water partition coefficient (Wildman–Crippen LogP) is 3.69. The molecule has 0 unspecified atom stereocenters. The van der Waals surface area contributed by atoms with E-state index in [-0.39, 0.29) is 0 Å². The average Bonchev–Trinajstić information content (AvgIpc) is 3.12. The summed E-state index contributed by atoms with van der Waals surface area (Å²) in [6.45, 7) is 0. The lowest BCUT2D eigenvalue weighted by Crippen LogP contribution is -2.02. The first-order valence-electron chi connectivity index (χ1n) is 7.83. The Morgan fingerprint density at radius 2 is 1.88 bits per heavy atom. The van der Waals surface area contributed by atoms with Gasteiger partial charge in [-0.2, -0.15) is 10.2 Å². The van der Waals surface area contributed by atoms with Gasteiger partial charge in [0.05, 0.1) is 11.3 Å². The predicted molar refractivity (Wildman–Crippen MR) is 88.5 cm³/mol. The number of hydrogen-bond donors (Lipinski definition) is 0. The number of aromatic nitrogens is 3. The van der Waals surface area contributed by atoms with Crippen molar-refractivity contribution in [1.29, 1.82) is 5.26 Å². The molecular formula is C19H14N4O. The summed E-state index contributed by atoms with van der Waals surface area (Å²) >= 11 is 0. The fourth-order valence-electron chi connectivity index (χ4n) is 2.84. The normalized spacial score (nSPS) is 12.5. The van der Waals surface area contributed by atoms with Gasteiger partial charge in [-0.05, 0) is 43.5 Å². The number of benzene rings is 1. The zero-order valence-corrected chi connectivity index (χ0v) is 12.9. The number of aryl methyl sites for hydroxylation is 1. The van der Waals surface area contributed by atoms with Crippen molar-refractivity contribution in [2.45, 2.75) is 19.3 Å². The van der Waals surface area contributed by atoms with Crippen LogP contribution in [0.2, 0.25) is 0 Å². The first-order chi connectivity index (χ1) is 11.8. The molecule has 5 heteroatoms. The highest BCUT2D eigenvalue weighted by Gasteiger charge is 2.22. The summed E-state index contributed by atoms with van der Waals surface area (Å²) in [5, 5.41) is 9.25. The summed E-state index contributed by atoms with van der Waals surface area (Å²) in [4.78, 5) is 13.6. The van der Waals surface area contributed by atoms with E-state index in [1.807, 2.05) is 30.3 Å². The van der Waals surface area contributed by atoms with E-state index in [0.29, 0.717) is 28.7 Å². The number of nitriles is 1. The minimum absolute atomic E-state index is 0.488. The number of para-hydroxylation sites is 1. The Balaban J connectivity index is 1.80. The molecule has 0 aliphatic heterocycles. The lowest BCUT2D eigenvalue weighted by Gasteiger charge is -2.11. The third-order valence-electron chi connectivity index (χ3n) is 4.00. The topological polar surface area (TPSA) is 71.7 Å². The van der Waals surface area contributed by atoms with Gasteiger partial charge in [-0.3, -0.25) is 4.98 Å². The van der Waals surface area contributed by atoms with Crippen molar-refractivity contribution in [2.24, 2.45) is 0 Å². The molecule has 0 radical (unpaired) electrons. The van der Waals surface area contributed by atoms with Crippen LogP contribution in [0, 0.1) is 11.3 Å². The van der Waals surface area contributed by atoms with Gasteiger partial charge in [-0.25, -0.2) is 4.98 Å². The maximum absolute atomic E-state index is 9.25. The number of fused-ring (bicyclic) bond motifs is 1. The Morgan fingerprint density at radius 3 is 2.71 bits per heavy atom. The second-order valence-electron chi connectivity index (χ2n) is 5.56. The molecule has 0 saturated heterocycles. The molecule has 116 valence electrons. The maximum atomic E-state index is 9.25. The van der Waals surface area contributed by atoms with Crippen LogP contribution in [0.3, 0.4) is 0 Å². The monoisotopic (exact) mass is 314 g/mol. The van der Waals surface area contributed by atoms with Crippen LogP contribution in [-0.2, 0) is 12.8 Å². The molecule has 0 saturated carbocycles. The summed E-state index contributed by atoms with van der Waals surface area (Å²) in [5.41, 5.74) is 3.24. The van der Waals surface area contributed by atoms with Crippen LogP contribution in [0.15, 0.2) is 48.7 Å². The molecule has 0 fully saturated rings. The van der Waals surface area contributed by atoms with Gasteiger partial charge in [0.15, 0.2) is 5.82 Å². The summed E-state index contributed by atoms with van der Waals surface area (Å²) in [7, 11) is 0. The highest BCUT2D eigenvalue weighted by Crippen LogP contribution is 2.33. The molecule has 2 heterocycles. The zero-order chi connectivity index (χ0) is 16.4. The zero-order valence-electron chi connectivity index (χ0n) is 12.9. The quantitative estimate of drug-likeness (QED) is 0.737. The van der Waals surface area contributed by atoms with Crippen LogP contribution < -0.4 is 4.74 Å². The van der Waals surface area contributed by atoms with Crippen LogP contribution in [0.25, 0.3) is 11.5 Å². The van der Waals surface area contributed by atoms with E-state index in [0.717, 1.165) is 30.5 Å². The Bertz CT molecular complexity index is 932. The van der Waals surface area contributed by atoms with Crippen molar-refractivity contribution in [3.63, 3.8) is 0 Å². The molecular weight excluding hydrogens is 300 g/mol. The lowest BCUT2D eigenvalue weighted by atomic mass is 10.2. The first kappa shape index (κ1) is 14.3. The van der Waals surface area contributed by atoms with Crippen molar-refractivity contribution in [2.75, 3.05) is 0 Å². The van der Waals surface area contributed by atoms with E-state index in [2.05, 4.69) is 21.0 Å². The highest BCUT2D eigenvalue weighted by molar-refractivity contribution is 5.53. The van der Waals surface area contributed by atoms with Gasteiger partial charge in [0.2, 0.25) is 5.88 Å². The van der Waals surface area contributed by atoms with E-state index >= 15 is 0 Å². The van der Waals surface area contributed by atoms with Gasteiger partial charge in [0.25, 0.3) is 0 Å². The molecule has 1 aliphatic carbocycles. The largest absolute Gasteiger partial charge is 0.437 e. The van der Waals surface area contributed by atoms with Crippen molar-refractivity contribution >= 4 is 0 Å². The standard InChI is InChI=1S/C19H14N4O/c20-12-13-6-1-2-10-17(13)24-19-14-7-5-9-15(14)22-18(23-19)16-8-3-4-11-21-16/h1-4,6,8,10-11H,5,7,9H2. The number of rotatable bonds is 3. The fourth-order valence-corrected chi connectivity index (χ4v) is 2.84. The van der Waals surface area contributed by atoms with Crippen LogP contribution in [0.4, 0.5) is 0 Å². The number of ether oxygens (including phenoxy) is 1. The minimum Gasteiger partial charge on any atom is -0.437 e. The second-order valence-corrected chi connectivity index (χ2v) is 5.56. The van der Waals surface area contributed by atoms with E-state index in [4.69, 9.17) is 4.74 Å². The molecule has 0 bridgehead atoms. The molecule has 1 aromatic carbocycles. The second kappa shape index (κ2) is 6.09. The van der Waals surface area contributed by atoms with Gasteiger partial charge in [-0.1, -0.05) is 18.2 Å². The molecule has 0 amide bonds. The van der Waals surface area contributed by atoms with Crippen LogP contribution in [0.1, 0.15) is 23.2 Å². The smallest absolute Gasteiger partial charge is 0.226 e. The number of pyridine rings is 1. The third-order valence-corrected chi connectivity index (χ3v) is 4.00. The Labute approximate surface area is 139 Å². The third kappa shape index (κ3) is 2.59. The van der Waals surface area contributed by atoms with E-state index in [1.54, 1.807) is 18.3 Å². The molecule has 1 aliphatic rings. The minimum atomic E-state index is 0.488. The average molecular weight is 314 g/mol. The highest BCUT2D eigenvalue weighted by atomic mass is 16.5. The van der Waals surface area contributed by atoms with Crippen LogP contribution in [0.5, 0.6) is 11.6 Å². The van der Waals surface area contributed by atoms with E-state index < -0.39 is 0 Å². The summed E-state index contributed by atoms with van der Waals surface area (Å²) < 4.78 is 6.00. The molecule has 24 heavy (non-hydrogen) atoms. The summed E-state index contributed by atoms with van der Waals surface area (Å²) in [6.07, 6.45) is 4.55. The fraction of sp³-hybridized carbons (Fsp3) is 0.158. The molecule has 2 aromatic heterocycles. The lowest BCUT2D eigenvalue weighted by molar-refractivity contribution is 0.455. The summed E-state index contributed by atoms with van der Waals surface area (Å²) in [5.74, 6) is 1.60. The van der Waals surface area contributed by atoms with E-state index in [9.17, 15) is 5.26 Å². The maximum Gasteiger partial charge on any atom is 0.226 e. The van der Waals surface area contributed by atoms with Gasteiger partial charge in [-0.15, -0.1) is 0 Å². The summed E-state index contributed by atoms with van der Waals surface area (Å²) in [6, 6.07) is 15.0. The molecule has 5 nitrogen and oxygen atoms in total. The van der Waals surface area contributed by atoms with Gasteiger partial charge in [0, 0.05) is 11.8 Å². The van der Waals surface area contributed by atoms with Crippen LogP contribution >= 0.6 is 0 Å². The number of hydrogen-bond acceptors (Lipinski definition) is 5. The first-order valence-corrected chi connectivity index (χ1v) is 7.83. The van der Waals surface area contributed by atoms with Gasteiger partial charge in [0.1, 0.15) is 17.5 Å². The van der Waals surface area contributed by atoms with E-state index in [1.165, 1.54) is 0 Å². The number of nitrogens with zero attached hydrogens (tertiary/aromatic N) is 4. The molecule has 4 rings (SSSR count). The van der Waals surface area contributed by atoms with Crippen molar-refractivity contribution in [3.05, 3.63) is 65.5 Å². The molecule has 0 spiro atoms. The Morgan fingerprint density at radius 1 is 1.00 bits per heavy atom. The Hall–Kier alpha value is -3.26. The van der Waals surface area contributed by atoms with Gasteiger partial charge >= 0.3 is 0 Å². The van der Waals surface area contributed by atoms with Crippen LogP contribution in [-0.4, -0.2) is 15.0 Å². The van der Waals surface area contributed by atoms with Gasteiger partial charge < -0.3 is 4.74 Å². The molecule has 3 aromatic rings. The molecule has 0 N–H and O–H groups in total. The van der Waals surface area contributed by atoms with Crippen molar-refractivity contribution < 1.29 is 4.74 Å². The Kier molecular flexibility index (Phi) is 3.64. The van der Waals surface area contributed by atoms with Crippen molar-refractivity contribution in [3.8, 4) is 29.2 Å². The molecule has 0 atom stereocenters. The van der Waals surface area contributed by atoms with Crippen molar-refractivity contribution in [1.82, 2.24) is 15.0 Å².